The molecular formula is C17H19FN2O2S. The first-order valence-electron chi connectivity index (χ1n) is 7.88. The predicted molar refractivity (Wildman–Crippen MR) is 88.5 cm³/mol. The summed E-state index contributed by atoms with van der Waals surface area (Å²) in [5.74, 6) is -0.668. The predicted octanol–water partition coefficient (Wildman–Crippen LogP) is 3.96. The van der Waals surface area contributed by atoms with E-state index in [1.54, 1.807) is 12.1 Å². The number of nitrogens with zero attached hydrogens (tertiary/aromatic N) is 1. The molecule has 0 radical (unpaired) electrons. The average Bonchev–Trinajstić information content (AvgIpc) is 2.96. The van der Waals surface area contributed by atoms with Crippen molar-refractivity contribution in [2.24, 2.45) is 0 Å². The van der Waals surface area contributed by atoms with Gasteiger partial charge in [0.05, 0.1) is 5.69 Å². The van der Waals surface area contributed by atoms with Crippen molar-refractivity contribution in [2.75, 3.05) is 5.32 Å². The number of fused-ring (bicyclic) bond motifs is 1. The SMILES string of the molecule is CCC(Oc1ccccc1F)C(=O)Nc1nc2c(s1)CCCC2. The van der Waals surface area contributed by atoms with E-state index in [4.69, 9.17) is 4.74 Å². The Morgan fingerprint density at radius 3 is 2.91 bits per heavy atom. The summed E-state index contributed by atoms with van der Waals surface area (Å²) in [7, 11) is 0. The van der Waals surface area contributed by atoms with Crippen LogP contribution in [0, 0.1) is 5.82 Å². The Kier molecular flexibility index (Phi) is 4.91. The van der Waals surface area contributed by atoms with E-state index < -0.39 is 11.9 Å². The van der Waals surface area contributed by atoms with Gasteiger partial charge in [-0.1, -0.05) is 19.1 Å². The molecule has 0 fully saturated rings. The smallest absolute Gasteiger partial charge is 0.267 e. The number of halogens is 1. The number of para-hydroxylation sites is 1. The van der Waals surface area contributed by atoms with Gasteiger partial charge in [-0.3, -0.25) is 10.1 Å². The standard InChI is InChI=1S/C17H19FN2O2S/c1-2-13(22-14-9-5-3-7-11(14)18)16(21)20-17-19-12-8-4-6-10-15(12)23-17/h3,5,7,9,13H,2,4,6,8,10H2,1H3,(H,19,20,21). The van der Waals surface area contributed by atoms with Gasteiger partial charge in [0.1, 0.15) is 0 Å². The van der Waals surface area contributed by atoms with Gasteiger partial charge in [-0.05, 0) is 44.2 Å². The number of ether oxygens (including phenoxy) is 1. The van der Waals surface area contributed by atoms with Crippen LogP contribution in [0.1, 0.15) is 36.8 Å². The minimum atomic E-state index is -0.743. The lowest BCUT2D eigenvalue weighted by atomic mass is 10.0. The molecule has 1 aliphatic carbocycles. The van der Waals surface area contributed by atoms with E-state index in [9.17, 15) is 9.18 Å². The highest BCUT2D eigenvalue weighted by atomic mass is 32.1. The lowest BCUT2D eigenvalue weighted by Gasteiger charge is -2.16. The van der Waals surface area contributed by atoms with Crippen LogP contribution in [0.25, 0.3) is 0 Å². The Balaban J connectivity index is 1.68. The van der Waals surface area contributed by atoms with Gasteiger partial charge in [-0.25, -0.2) is 9.37 Å². The molecule has 0 spiro atoms. The number of aryl methyl sites for hydroxylation is 2. The molecule has 0 saturated heterocycles. The molecule has 0 saturated carbocycles. The minimum absolute atomic E-state index is 0.0907. The topological polar surface area (TPSA) is 51.2 Å². The average molecular weight is 334 g/mol. The van der Waals surface area contributed by atoms with Gasteiger partial charge in [0, 0.05) is 4.88 Å². The highest BCUT2D eigenvalue weighted by molar-refractivity contribution is 7.15. The van der Waals surface area contributed by atoms with Gasteiger partial charge in [0.15, 0.2) is 22.8 Å². The maximum Gasteiger partial charge on any atom is 0.267 e. The van der Waals surface area contributed by atoms with Crippen molar-refractivity contribution >= 4 is 22.4 Å². The molecule has 23 heavy (non-hydrogen) atoms. The fraction of sp³-hybridized carbons (Fsp3) is 0.412. The van der Waals surface area contributed by atoms with Crippen molar-refractivity contribution in [1.82, 2.24) is 4.98 Å². The number of benzene rings is 1. The van der Waals surface area contributed by atoms with Crippen molar-refractivity contribution in [1.29, 1.82) is 0 Å². The van der Waals surface area contributed by atoms with Crippen LogP contribution in [0.3, 0.4) is 0 Å². The summed E-state index contributed by atoms with van der Waals surface area (Å²) in [4.78, 5) is 18.1. The van der Waals surface area contributed by atoms with E-state index in [1.165, 1.54) is 34.8 Å². The third-order valence-electron chi connectivity index (χ3n) is 3.84. The number of aromatic nitrogens is 1. The van der Waals surface area contributed by atoms with Crippen LogP contribution in [0.15, 0.2) is 24.3 Å². The van der Waals surface area contributed by atoms with Gasteiger partial charge in [-0.2, -0.15) is 0 Å². The Labute approximate surface area is 138 Å². The zero-order valence-electron chi connectivity index (χ0n) is 13.0. The van der Waals surface area contributed by atoms with E-state index >= 15 is 0 Å². The van der Waals surface area contributed by atoms with E-state index in [1.807, 2.05) is 6.92 Å². The molecule has 1 aliphatic rings. The Morgan fingerprint density at radius 1 is 1.39 bits per heavy atom. The molecule has 2 aromatic rings. The summed E-state index contributed by atoms with van der Waals surface area (Å²) in [5.41, 5.74) is 1.10. The number of hydrogen-bond donors (Lipinski definition) is 1. The molecule has 0 aliphatic heterocycles. The molecule has 0 bridgehead atoms. The zero-order chi connectivity index (χ0) is 16.2. The second-order valence-electron chi connectivity index (χ2n) is 5.53. The molecule has 3 rings (SSSR count). The molecular weight excluding hydrogens is 315 g/mol. The van der Waals surface area contributed by atoms with Gasteiger partial charge >= 0.3 is 0 Å². The second kappa shape index (κ2) is 7.08. The first kappa shape index (κ1) is 15.9. The van der Waals surface area contributed by atoms with Crippen LogP contribution in [0.5, 0.6) is 5.75 Å². The first-order valence-corrected chi connectivity index (χ1v) is 8.69. The van der Waals surface area contributed by atoms with Crippen LogP contribution in [-0.2, 0) is 17.6 Å². The molecule has 1 aromatic heterocycles. The highest BCUT2D eigenvalue weighted by Crippen LogP contribution is 2.29. The van der Waals surface area contributed by atoms with Crippen LogP contribution in [-0.4, -0.2) is 17.0 Å². The number of hydrogen-bond acceptors (Lipinski definition) is 4. The van der Waals surface area contributed by atoms with Gasteiger partial charge in [-0.15, -0.1) is 11.3 Å². The lowest BCUT2D eigenvalue weighted by Crippen LogP contribution is -2.32. The maximum absolute atomic E-state index is 13.7. The number of anilines is 1. The monoisotopic (exact) mass is 334 g/mol. The van der Waals surface area contributed by atoms with E-state index in [0.717, 1.165) is 25.0 Å². The highest BCUT2D eigenvalue weighted by Gasteiger charge is 2.22. The number of carbonyl (C=O) groups excluding carboxylic acids is 1. The van der Waals surface area contributed by atoms with Crippen LogP contribution >= 0.6 is 11.3 Å². The number of rotatable bonds is 5. The molecule has 1 amide bonds. The molecule has 1 unspecified atom stereocenters. The van der Waals surface area contributed by atoms with Crippen LogP contribution in [0.2, 0.25) is 0 Å². The Hall–Kier alpha value is -1.95. The fourth-order valence-electron chi connectivity index (χ4n) is 2.61. The van der Waals surface area contributed by atoms with Crippen molar-refractivity contribution in [3.05, 3.63) is 40.7 Å². The first-order chi connectivity index (χ1) is 11.2. The van der Waals surface area contributed by atoms with Gasteiger partial charge in [0.2, 0.25) is 0 Å². The van der Waals surface area contributed by atoms with Crippen LogP contribution in [0.4, 0.5) is 9.52 Å². The molecule has 1 heterocycles. The zero-order valence-corrected chi connectivity index (χ0v) is 13.8. The molecule has 1 atom stereocenters. The van der Waals surface area contributed by atoms with Crippen molar-refractivity contribution in [3.63, 3.8) is 0 Å². The summed E-state index contributed by atoms with van der Waals surface area (Å²) in [6.45, 7) is 1.83. The lowest BCUT2D eigenvalue weighted by molar-refractivity contribution is -0.122. The number of thiazole rings is 1. The normalized spacial score (nSPS) is 14.9. The van der Waals surface area contributed by atoms with Crippen molar-refractivity contribution < 1.29 is 13.9 Å². The molecule has 1 N–H and O–H groups in total. The van der Waals surface area contributed by atoms with Crippen molar-refractivity contribution in [2.45, 2.75) is 45.1 Å². The summed E-state index contributed by atoms with van der Waals surface area (Å²) >= 11 is 1.53. The Morgan fingerprint density at radius 2 is 2.17 bits per heavy atom. The summed E-state index contributed by atoms with van der Waals surface area (Å²) < 4.78 is 19.2. The Bertz CT molecular complexity index is 678. The molecule has 4 nitrogen and oxygen atoms in total. The maximum atomic E-state index is 13.7. The number of amides is 1. The summed E-state index contributed by atoms with van der Waals surface area (Å²) in [6, 6.07) is 6.10. The minimum Gasteiger partial charge on any atom is -0.478 e. The number of carbonyl (C=O) groups is 1. The molecule has 6 heteroatoms. The summed E-state index contributed by atoms with van der Waals surface area (Å²) in [6.07, 6.45) is 4.05. The number of nitrogens with one attached hydrogen (secondary N) is 1. The quantitative estimate of drug-likeness (QED) is 0.900. The molecule has 122 valence electrons. The van der Waals surface area contributed by atoms with Crippen molar-refractivity contribution in [3.8, 4) is 5.75 Å². The van der Waals surface area contributed by atoms with E-state index in [0.29, 0.717) is 11.6 Å². The van der Waals surface area contributed by atoms with E-state index in [-0.39, 0.29) is 11.7 Å². The van der Waals surface area contributed by atoms with E-state index in [2.05, 4.69) is 10.3 Å². The molecule has 1 aromatic carbocycles. The van der Waals surface area contributed by atoms with Gasteiger partial charge in [0.25, 0.3) is 5.91 Å². The third-order valence-corrected chi connectivity index (χ3v) is 4.92. The third kappa shape index (κ3) is 3.69. The second-order valence-corrected chi connectivity index (χ2v) is 6.61. The summed E-state index contributed by atoms with van der Waals surface area (Å²) in [5, 5.41) is 3.42. The van der Waals surface area contributed by atoms with Crippen LogP contribution < -0.4 is 10.1 Å². The fourth-order valence-corrected chi connectivity index (χ4v) is 3.66. The largest absolute Gasteiger partial charge is 0.478 e. The van der Waals surface area contributed by atoms with Gasteiger partial charge < -0.3 is 4.74 Å².